The zero-order chi connectivity index (χ0) is 14.6. The third kappa shape index (κ3) is 5.16. The van der Waals surface area contributed by atoms with Crippen LogP contribution in [0.25, 0.3) is 0 Å². The van der Waals surface area contributed by atoms with E-state index < -0.39 is 9.84 Å². The maximum absolute atomic E-state index is 11.4. The number of benzene rings is 1. The highest BCUT2D eigenvalue weighted by molar-refractivity contribution is 7.90. The molecule has 0 heterocycles. The van der Waals surface area contributed by atoms with Gasteiger partial charge in [-0.2, -0.15) is 0 Å². The molecule has 0 aliphatic rings. The van der Waals surface area contributed by atoms with Crippen molar-refractivity contribution in [1.29, 1.82) is 0 Å². The molecular weight excluding hydrogens is 280 g/mol. The SMILES string of the molecule is CC(C)NC(=S)N[C@@H](C)c1ccc(S(C)(=O)=O)cc1. The van der Waals surface area contributed by atoms with E-state index in [1.807, 2.05) is 20.8 Å². The van der Waals surface area contributed by atoms with Gasteiger partial charge in [0.1, 0.15) is 0 Å². The number of nitrogens with one attached hydrogen (secondary N) is 2. The highest BCUT2D eigenvalue weighted by Crippen LogP contribution is 2.16. The minimum atomic E-state index is -3.14. The summed E-state index contributed by atoms with van der Waals surface area (Å²) in [5.74, 6) is 0. The first-order valence-electron chi connectivity index (χ1n) is 6.07. The first-order valence-corrected chi connectivity index (χ1v) is 8.37. The Morgan fingerprint density at radius 2 is 1.63 bits per heavy atom. The van der Waals surface area contributed by atoms with Crippen molar-refractivity contribution in [3.63, 3.8) is 0 Å². The highest BCUT2D eigenvalue weighted by atomic mass is 32.2. The molecule has 1 atom stereocenters. The van der Waals surface area contributed by atoms with Gasteiger partial charge in [-0.3, -0.25) is 0 Å². The number of hydrogen-bond acceptors (Lipinski definition) is 3. The molecule has 1 aromatic rings. The summed E-state index contributed by atoms with van der Waals surface area (Å²) in [6.07, 6.45) is 1.20. The zero-order valence-electron chi connectivity index (χ0n) is 11.6. The van der Waals surface area contributed by atoms with Gasteiger partial charge in [0.2, 0.25) is 0 Å². The van der Waals surface area contributed by atoms with Crippen molar-refractivity contribution in [2.45, 2.75) is 37.8 Å². The summed E-state index contributed by atoms with van der Waals surface area (Å²) in [4.78, 5) is 0.325. The van der Waals surface area contributed by atoms with E-state index in [0.29, 0.717) is 10.0 Å². The van der Waals surface area contributed by atoms with E-state index in [4.69, 9.17) is 12.2 Å². The standard InChI is InChI=1S/C13H20N2O2S2/c1-9(2)14-13(18)15-10(3)11-5-7-12(8-6-11)19(4,16)17/h5-10H,1-4H3,(H2,14,15,18)/t10-/m0/s1. The second-order valence-electron chi connectivity index (χ2n) is 4.84. The number of rotatable bonds is 4. The fraction of sp³-hybridized carbons (Fsp3) is 0.462. The molecule has 4 nitrogen and oxygen atoms in total. The summed E-state index contributed by atoms with van der Waals surface area (Å²) < 4.78 is 22.7. The minimum absolute atomic E-state index is 0.0207. The summed E-state index contributed by atoms with van der Waals surface area (Å²) in [6, 6.07) is 7.12. The van der Waals surface area contributed by atoms with Crippen LogP contribution in [0.1, 0.15) is 32.4 Å². The Balaban J connectivity index is 2.73. The van der Waals surface area contributed by atoms with E-state index in [2.05, 4.69) is 10.6 Å². The van der Waals surface area contributed by atoms with Crippen molar-refractivity contribution >= 4 is 27.2 Å². The van der Waals surface area contributed by atoms with E-state index in [0.717, 1.165) is 5.56 Å². The Labute approximate surface area is 120 Å². The fourth-order valence-electron chi connectivity index (χ4n) is 1.59. The fourth-order valence-corrected chi connectivity index (χ4v) is 2.63. The van der Waals surface area contributed by atoms with Crippen LogP contribution in [0.4, 0.5) is 0 Å². The molecule has 1 rings (SSSR count). The van der Waals surface area contributed by atoms with Crippen molar-refractivity contribution in [3.05, 3.63) is 29.8 Å². The van der Waals surface area contributed by atoms with Crippen LogP contribution in [0.2, 0.25) is 0 Å². The molecule has 106 valence electrons. The molecule has 0 amide bonds. The predicted octanol–water partition coefficient (Wildman–Crippen LogP) is 2.02. The maximum Gasteiger partial charge on any atom is 0.175 e. The van der Waals surface area contributed by atoms with Crippen molar-refractivity contribution in [2.24, 2.45) is 0 Å². The molecule has 19 heavy (non-hydrogen) atoms. The molecule has 0 spiro atoms. The van der Waals surface area contributed by atoms with E-state index in [1.54, 1.807) is 24.3 Å². The van der Waals surface area contributed by atoms with Crippen molar-refractivity contribution in [1.82, 2.24) is 10.6 Å². The molecule has 6 heteroatoms. The Bertz CT molecular complexity index is 536. The van der Waals surface area contributed by atoms with E-state index in [9.17, 15) is 8.42 Å². The van der Waals surface area contributed by atoms with Gasteiger partial charge in [-0.25, -0.2) is 8.42 Å². The number of sulfone groups is 1. The molecule has 0 radical (unpaired) electrons. The predicted molar refractivity (Wildman–Crippen MR) is 82.0 cm³/mol. The van der Waals surface area contributed by atoms with Crippen LogP contribution >= 0.6 is 12.2 Å². The molecule has 0 unspecified atom stereocenters. The zero-order valence-corrected chi connectivity index (χ0v) is 13.2. The van der Waals surface area contributed by atoms with Crippen LogP contribution in [0, 0.1) is 0 Å². The first kappa shape index (κ1) is 15.9. The smallest absolute Gasteiger partial charge is 0.175 e. The lowest BCUT2D eigenvalue weighted by Crippen LogP contribution is -2.40. The van der Waals surface area contributed by atoms with Gasteiger partial charge in [-0.1, -0.05) is 12.1 Å². The van der Waals surface area contributed by atoms with E-state index in [-0.39, 0.29) is 12.1 Å². The van der Waals surface area contributed by atoms with Crippen molar-refractivity contribution in [2.75, 3.05) is 6.26 Å². The lowest BCUT2D eigenvalue weighted by Gasteiger charge is -2.19. The maximum atomic E-state index is 11.4. The molecular formula is C13H20N2O2S2. The van der Waals surface area contributed by atoms with Gasteiger partial charge in [0.05, 0.1) is 10.9 Å². The average molecular weight is 300 g/mol. The van der Waals surface area contributed by atoms with Crippen LogP contribution in [-0.2, 0) is 9.84 Å². The second-order valence-corrected chi connectivity index (χ2v) is 7.26. The summed E-state index contributed by atoms with van der Waals surface area (Å²) in [6.45, 7) is 6.00. The highest BCUT2D eigenvalue weighted by Gasteiger charge is 2.10. The molecule has 0 saturated heterocycles. The third-order valence-corrected chi connectivity index (χ3v) is 3.94. The normalized spacial score (nSPS) is 13.1. The molecule has 0 aliphatic carbocycles. The Morgan fingerprint density at radius 1 is 1.11 bits per heavy atom. The summed E-state index contributed by atoms with van der Waals surface area (Å²) in [7, 11) is -3.14. The molecule has 0 aliphatic heterocycles. The topological polar surface area (TPSA) is 58.2 Å². The average Bonchev–Trinajstić information content (AvgIpc) is 2.26. The van der Waals surface area contributed by atoms with Crippen LogP contribution in [0.5, 0.6) is 0 Å². The minimum Gasteiger partial charge on any atom is -0.361 e. The van der Waals surface area contributed by atoms with Gasteiger partial charge >= 0.3 is 0 Å². The quantitative estimate of drug-likeness (QED) is 0.833. The van der Waals surface area contributed by atoms with Crippen LogP contribution in [-0.4, -0.2) is 25.8 Å². The molecule has 0 aromatic heterocycles. The summed E-state index contributed by atoms with van der Waals surface area (Å²) in [5.41, 5.74) is 0.986. The van der Waals surface area contributed by atoms with Gasteiger partial charge in [0.15, 0.2) is 14.9 Å². The number of hydrogen-bond donors (Lipinski definition) is 2. The Morgan fingerprint density at radius 3 is 2.05 bits per heavy atom. The monoisotopic (exact) mass is 300 g/mol. The molecule has 1 aromatic carbocycles. The van der Waals surface area contributed by atoms with E-state index >= 15 is 0 Å². The van der Waals surface area contributed by atoms with Gasteiger partial charge in [-0.05, 0) is 50.7 Å². The molecule has 0 fully saturated rings. The molecule has 0 bridgehead atoms. The molecule has 0 saturated carbocycles. The van der Waals surface area contributed by atoms with Gasteiger partial charge in [0.25, 0.3) is 0 Å². The van der Waals surface area contributed by atoms with Crippen molar-refractivity contribution in [3.8, 4) is 0 Å². The Kier molecular flexibility index (Phi) is 5.31. The first-order chi connectivity index (χ1) is 8.70. The van der Waals surface area contributed by atoms with Gasteiger partial charge < -0.3 is 10.6 Å². The van der Waals surface area contributed by atoms with Crippen LogP contribution in [0.3, 0.4) is 0 Å². The number of thiocarbonyl (C=S) groups is 1. The van der Waals surface area contributed by atoms with Crippen molar-refractivity contribution < 1.29 is 8.42 Å². The van der Waals surface area contributed by atoms with Crippen LogP contribution in [0.15, 0.2) is 29.2 Å². The summed E-state index contributed by atoms with van der Waals surface area (Å²) in [5, 5.41) is 6.85. The van der Waals surface area contributed by atoms with Gasteiger partial charge in [-0.15, -0.1) is 0 Å². The lowest BCUT2D eigenvalue weighted by atomic mass is 10.1. The third-order valence-electron chi connectivity index (χ3n) is 2.58. The van der Waals surface area contributed by atoms with Crippen LogP contribution < -0.4 is 10.6 Å². The largest absolute Gasteiger partial charge is 0.361 e. The summed E-state index contributed by atoms with van der Waals surface area (Å²) >= 11 is 5.17. The molecule has 2 N–H and O–H groups in total. The second kappa shape index (κ2) is 6.34. The lowest BCUT2D eigenvalue weighted by molar-refractivity contribution is 0.601. The van der Waals surface area contributed by atoms with E-state index in [1.165, 1.54) is 6.26 Å². The van der Waals surface area contributed by atoms with Gasteiger partial charge in [0, 0.05) is 12.3 Å². The Hall–Kier alpha value is -1.14.